The molecule has 0 aliphatic carbocycles. The lowest BCUT2D eigenvalue weighted by Gasteiger charge is -2.18. The zero-order chi connectivity index (χ0) is 9.56. The Labute approximate surface area is 75.3 Å². The number of aliphatic hydroxyl groups is 1. The van der Waals surface area contributed by atoms with E-state index in [0.29, 0.717) is 12.6 Å². The number of hydrogen-bond donors (Lipinski definition) is 3. The number of nitrogens with two attached hydrogens (primary N) is 1. The number of rotatable bonds is 6. The van der Waals surface area contributed by atoms with Gasteiger partial charge in [-0.05, 0) is 20.3 Å². The molecule has 0 aliphatic heterocycles. The highest BCUT2D eigenvalue weighted by Gasteiger charge is 2.09. The predicted molar refractivity (Wildman–Crippen MR) is 52.0 cm³/mol. The Morgan fingerprint density at radius 3 is 2.42 bits per heavy atom. The van der Waals surface area contributed by atoms with E-state index in [1.807, 2.05) is 0 Å². The molecule has 0 heterocycles. The predicted octanol–water partition coefficient (Wildman–Crippen LogP) is 0.473. The number of nitrogens with one attached hydrogen (secondary N) is 1. The van der Waals surface area contributed by atoms with E-state index in [0.717, 1.165) is 6.42 Å². The van der Waals surface area contributed by atoms with Crippen LogP contribution in [0.1, 0.15) is 33.6 Å². The van der Waals surface area contributed by atoms with Crippen molar-refractivity contribution in [3.63, 3.8) is 0 Å². The van der Waals surface area contributed by atoms with Gasteiger partial charge in [0.2, 0.25) is 0 Å². The quantitative estimate of drug-likeness (QED) is 0.549. The van der Waals surface area contributed by atoms with Crippen LogP contribution >= 0.6 is 0 Å². The van der Waals surface area contributed by atoms with Gasteiger partial charge < -0.3 is 16.2 Å². The van der Waals surface area contributed by atoms with Gasteiger partial charge in [-0.3, -0.25) is 0 Å². The third-order valence-corrected chi connectivity index (χ3v) is 2.04. The van der Waals surface area contributed by atoms with Crippen molar-refractivity contribution in [3.8, 4) is 0 Å². The molecule has 0 aromatic carbocycles. The first kappa shape index (κ1) is 11.9. The molecule has 0 bridgehead atoms. The maximum Gasteiger partial charge on any atom is 0.0675 e. The highest BCUT2D eigenvalue weighted by molar-refractivity contribution is 4.72. The van der Waals surface area contributed by atoms with Crippen LogP contribution in [0.15, 0.2) is 0 Å². The molecule has 0 saturated heterocycles. The van der Waals surface area contributed by atoms with Gasteiger partial charge in [-0.25, -0.2) is 0 Å². The van der Waals surface area contributed by atoms with E-state index < -0.39 is 6.10 Å². The molecular weight excluding hydrogens is 152 g/mol. The molecule has 0 saturated carbocycles. The van der Waals surface area contributed by atoms with Crippen LogP contribution in [0, 0.1) is 0 Å². The highest BCUT2D eigenvalue weighted by atomic mass is 16.3. The molecule has 4 N–H and O–H groups in total. The van der Waals surface area contributed by atoms with Crippen LogP contribution in [-0.2, 0) is 0 Å². The molecule has 0 aromatic rings. The van der Waals surface area contributed by atoms with Crippen molar-refractivity contribution in [2.45, 2.75) is 51.8 Å². The average molecular weight is 174 g/mol. The number of hydrogen-bond acceptors (Lipinski definition) is 3. The summed E-state index contributed by atoms with van der Waals surface area (Å²) >= 11 is 0. The minimum Gasteiger partial charge on any atom is -0.392 e. The summed E-state index contributed by atoms with van der Waals surface area (Å²) in [6.07, 6.45) is 1.91. The fraction of sp³-hybridized carbons (Fsp3) is 1.00. The largest absolute Gasteiger partial charge is 0.392 e. The zero-order valence-electron chi connectivity index (χ0n) is 8.38. The molecule has 3 unspecified atom stereocenters. The first-order chi connectivity index (χ1) is 5.57. The van der Waals surface area contributed by atoms with E-state index in [4.69, 9.17) is 10.8 Å². The minimum atomic E-state index is -0.425. The molecule has 3 atom stereocenters. The minimum absolute atomic E-state index is 0.149. The van der Waals surface area contributed by atoms with Crippen molar-refractivity contribution in [1.82, 2.24) is 5.32 Å². The Balaban J connectivity index is 3.40. The Morgan fingerprint density at radius 2 is 2.00 bits per heavy atom. The van der Waals surface area contributed by atoms with Gasteiger partial charge in [0.25, 0.3) is 0 Å². The molecule has 0 fully saturated rings. The van der Waals surface area contributed by atoms with Gasteiger partial charge in [-0.1, -0.05) is 13.3 Å². The smallest absolute Gasteiger partial charge is 0.0675 e. The molecular formula is C9H22N2O. The maximum absolute atomic E-state index is 9.10. The van der Waals surface area contributed by atoms with Gasteiger partial charge in [0.15, 0.2) is 0 Å². The van der Waals surface area contributed by atoms with Crippen molar-refractivity contribution >= 4 is 0 Å². The molecule has 0 spiro atoms. The molecule has 74 valence electrons. The summed E-state index contributed by atoms with van der Waals surface area (Å²) in [5.74, 6) is 0. The third kappa shape index (κ3) is 5.52. The lowest BCUT2D eigenvalue weighted by Crippen LogP contribution is -2.44. The van der Waals surface area contributed by atoms with Crippen molar-refractivity contribution in [2.24, 2.45) is 5.73 Å². The molecule has 3 heteroatoms. The van der Waals surface area contributed by atoms with Gasteiger partial charge in [0.05, 0.1) is 6.10 Å². The summed E-state index contributed by atoms with van der Waals surface area (Å²) in [6.45, 7) is 6.71. The summed E-state index contributed by atoms with van der Waals surface area (Å²) in [6, 6.07) is 0.351. The second-order valence-electron chi connectivity index (χ2n) is 3.50. The molecule has 0 rings (SSSR count). The van der Waals surface area contributed by atoms with Crippen LogP contribution < -0.4 is 11.1 Å². The van der Waals surface area contributed by atoms with E-state index in [1.54, 1.807) is 6.92 Å². The van der Waals surface area contributed by atoms with Crippen molar-refractivity contribution in [1.29, 1.82) is 0 Å². The Morgan fingerprint density at radius 1 is 1.42 bits per heavy atom. The van der Waals surface area contributed by atoms with Gasteiger partial charge in [0, 0.05) is 18.6 Å². The fourth-order valence-electron chi connectivity index (χ4n) is 1.04. The topological polar surface area (TPSA) is 58.3 Å². The Bertz CT molecular complexity index is 107. The first-order valence-electron chi connectivity index (χ1n) is 4.75. The van der Waals surface area contributed by atoms with Crippen molar-refractivity contribution in [2.75, 3.05) is 6.54 Å². The monoisotopic (exact) mass is 174 g/mol. The lowest BCUT2D eigenvalue weighted by molar-refractivity contribution is 0.160. The van der Waals surface area contributed by atoms with Crippen LogP contribution in [0.3, 0.4) is 0 Å². The number of aliphatic hydroxyl groups excluding tert-OH is 1. The van der Waals surface area contributed by atoms with E-state index in [1.165, 1.54) is 6.42 Å². The van der Waals surface area contributed by atoms with Crippen LogP contribution in [-0.4, -0.2) is 29.8 Å². The molecule has 0 amide bonds. The molecule has 0 aromatic heterocycles. The summed E-state index contributed by atoms with van der Waals surface area (Å²) in [5, 5.41) is 12.4. The van der Waals surface area contributed by atoms with Gasteiger partial charge >= 0.3 is 0 Å². The maximum atomic E-state index is 9.10. The van der Waals surface area contributed by atoms with Crippen LogP contribution in [0.2, 0.25) is 0 Å². The summed E-state index contributed by atoms with van der Waals surface area (Å²) in [5.41, 5.74) is 5.65. The molecule has 0 radical (unpaired) electrons. The lowest BCUT2D eigenvalue weighted by atomic mass is 10.1. The Kier molecular flexibility index (Phi) is 6.34. The first-order valence-corrected chi connectivity index (χ1v) is 4.75. The Hall–Kier alpha value is -0.120. The standard InChI is InChI=1S/C9H22N2O/c1-4-5-7(2)11-6-9(10)8(3)12/h7-9,11-12H,4-6,10H2,1-3H3. The van der Waals surface area contributed by atoms with Crippen LogP contribution in [0.4, 0.5) is 0 Å². The average Bonchev–Trinajstić information content (AvgIpc) is 2.00. The van der Waals surface area contributed by atoms with Crippen molar-refractivity contribution in [3.05, 3.63) is 0 Å². The summed E-state index contributed by atoms with van der Waals surface area (Å²) in [7, 11) is 0. The van der Waals surface area contributed by atoms with Crippen LogP contribution in [0.25, 0.3) is 0 Å². The van der Waals surface area contributed by atoms with Gasteiger partial charge in [-0.15, -0.1) is 0 Å². The molecule has 12 heavy (non-hydrogen) atoms. The van der Waals surface area contributed by atoms with Crippen LogP contribution in [0.5, 0.6) is 0 Å². The van der Waals surface area contributed by atoms with E-state index in [-0.39, 0.29) is 6.04 Å². The second-order valence-corrected chi connectivity index (χ2v) is 3.50. The molecule has 3 nitrogen and oxygen atoms in total. The normalized spacial score (nSPS) is 18.8. The third-order valence-electron chi connectivity index (χ3n) is 2.04. The molecule has 0 aliphatic rings. The van der Waals surface area contributed by atoms with E-state index in [2.05, 4.69) is 19.2 Å². The zero-order valence-corrected chi connectivity index (χ0v) is 8.38. The summed E-state index contributed by atoms with van der Waals surface area (Å²) < 4.78 is 0. The highest BCUT2D eigenvalue weighted by Crippen LogP contribution is 1.95. The summed E-state index contributed by atoms with van der Waals surface area (Å²) in [4.78, 5) is 0. The van der Waals surface area contributed by atoms with Gasteiger partial charge in [-0.2, -0.15) is 0 Å². The van der Waals surface area contributed by atoms with E-state index >= 15 is 0 Å². The van der Waals surface area contributed by atoms with E-state index in [9.17, 15) is 0 Å². The second kappa shape index (κ2) is 6.40. The van der Waals surface area contributed by atoms with Crippen molar-refractivity contribution < 1.29 is 5.11 Å². The SMILES string of the molecule is CCCC(C)NCC(N)C(C)O. The fourth-order valence-corrected chi connectivity index (χ4v) is 1.04. The van der Waals surface area contributed by atoms with Gasteiger partial charge in [0.1, 0.15) is 0 Å².